The largest absolute Gasteiger partial charge is 0.425 e. The SMILES string of the molecule is CC(C)N1OC1C(O)(c1ccc([N+](=O)[O-])cc1)C(F)(F)F. The molecule has 9 heteroatoms. The molecule has 21 heavy (non-hydrogen) atoms. The van der Waals surface area contributed by atoms with Crippen LogP contribution >= 0.6 is 0 Å². The molecule has 1 aromatic carbocycles. The number of non-ortho nitro benzene ring substituents is 1. The first-order valence-corrected chi connectivity index (χ1v) is 6.08. The zero-order valence-electron chi connectivity index (χ0n) is 11.2. The molecule has 1 aliphatic rings. The summed E-state index contributed by atoms with van der Waals surface area (Å²) in [5, 5.41) is 21.7. The van der Waals surface area contributed by atoms with Crippen LogP contribution in [0.1, 0.15) is 19.4 Å². The number of hydroxylamine groups is 2. The summed E-state index contributed by atoms with van der Waals surface area (Å²) in [4.78, 5) is 14.6. The second-order valence-corrected chi connectivity index (χ2v) is 4.98. The van der Waals surface area contributed by atoms with Gasteiger partial charge in [-0.05, 0) is 31.5 Å². The predicted molar refractivity (Wildman–Crippen MR) is 64.9 cm³/mol. The number of nitro benzene ring substituents is 1. The van der Waals surface area contributed by atoms with Crippen molar-refractivity contribution in [3.63, 3.8) is 0 Å². The Kier molecular flexibility index (Phi) is 3.68. The first kappa shape index (κ1) is 15.7. The Morgan fingerprint density at radius 1 is 1.33 bits per heavy atom. The van der Waals surface area contributed by atoms with Crippen molar-refractivity contribution in [1.82, 2.24) is 5.06 Å². The summed E-state index contributed by atoms with van der Waals surface area (Å²) in [6, 6.07) is 3.24. The Morgan fingerprint density at radius 2 is 1.86 bits per heavy atom. The van der Waals surface area contributed by atoms with E-state index in [4.69, 9.17) is 4.84 Å². The molecule has 1 aromatic rings. The summed E-state index contributed by atoms with van der Waals surface area (Å²) < 4.78 is 39.9. The molecule has 1 heterocycles. The third-order valence-corrected chi connectivity index (χ3v) is 3.22. The fraction of sp³-hybridized carbons (Fsp3) is 0.500. The van der Waals surface area contributed by atoms with Crippen molar-refractivity contribution < 1.29 is 28.0 Å². The fourth-order valence-corrected chi connectivity index (χ4v) is 2.02. The lowest BCUT2D eigenvalue weighted by molar-refractivity contribution is -0.384. The number of benzene rings is 1. The average Bonchev–Trinajstić information content (AvgIpc) is 3.17. The number of aliphatic hydroxyl groups is 1. The van der Waals surface area contributed by atoms with E-state index >= 15 is 0 Å². The lowest BCUT2D eigenvalue weighted by Crippen LogP contribution is -2.48. The molecule has 0 radical (unpaired) electrons. The molecule has 0 bridgehead atoms. The maximum absolute atomic E-state index is 13.3. The van der Waals surface area contributed by atoms with Crippen molar-refractivity contribution in [1.29, 1.82) is 0 Å². The van der Waals surface area contributed by atoms with E-state index in [0.717, 1.165) is 29.3 Å². The molecule has 0 saturated carbocycles. The number of hydrogen-bond acceptors (Lipinski definition) is 5. The Labute approximate surface area is 117 Å². The third kappa shape index (κ3) is 2.59. The molecule has 116 valence electrons. The Hall–Kier alpha value is -1.71. The highest BCUT2D eigenvalue weighted by molar-refractivity contribution is 5.37. The van der Waals surface area contributed by atoms with Gasteiger partial charge in [0, 0.05) is 18.2 Å². The number of halogens is 3. The van der Waals surface area contributed by atoms with Crippen LogP contribution in [0.2, 0.25) is 0 Å². The van der Waals surface area contributed by atoms with E-state index in [1.165, 1.54) is 0 Å². The molecular formula is C12H13F3N2O4. The van der Waals surface area contributed by atoms with Gasteiger partial charge in [-0.2, -0.15) is 18.2 Å². The van der Waals surface area contributed by atoms with Crippen molar-refractivity contribution in [2.45, 2.75) is 37.9 Å². The van der Waals surface area contributed by atoms with Crippen molar-refractivity contribution in [2.24, 2.45) is 0 Å². The third-order valence-electron chi connectivity index (χ3n) is 3.22. The van der Waals surface area contributed by atoms with Gasteiger partial charge in [0.2, 0.25) is 5.60 Å². The minimum atomic E-state index is -4.99. The van der Waals surface area contributed by atoms with Crippen LogP contribution in [0.5, 0.6) is 0 Å². The molecule has 0 aromatic heterocycles. The Morgan fingerprint density at radius 3 is 2.19 bits per heavy atom. The number of alkyl halides is 3. The van der Waals surface area contributed by atoms with E-state index in [-0.39, 0.29) is 11.7 Å². The molecule has 0 spiro atoms. The molecule has 2 rings (SSSR count). The van der Waals surface area contributed by atoms with Crippen molar-refractivity contribution >= 4 is 5.69 Å². The average molecular weight is 306 g/mol. The minimum absolute atomic E-state index is 0.345. The van der Waals surface area contributed by atoms with Gasteiger partial charge in [0.1, 0.15) is 0 Å². The van der Waals surface area contributed by atoms with E-state index in [1.807, 2.05) is 0 Å². The second kappa shape index (κ2) is 4.93. The van der Waals surface area contributed by atoms with E-state index in [0.29, 0.717) is 0 Å². The van der Waals surface area contributed by atoms with Crippen molar-refractivity contribution in [3.8, 4) is 0 Å². The highest BCUT2D eigenvalue weighted by atomic mass is 19.4. The number of nitro groups is 1. The molecule has 3 unspecified atom stereocenters. The summed E-state index contributed by atoms with van der Waals surface area (Å²) in [5.41, 5.74) is -4.11. The van der Waals surface area contributed by atoms with Gasteiger partial charge >= 0.3 is 6.18 Å². The van der Waals surface area contributed by atoms with Gasteiger partial charge < -0.3 is 5.11 Å². The summed E-state index contributed by atoms with van der Waals surface area (Å²) >= 11 is 0. The molecule has 3 atom stereocenters. The topological polar surface area (TPSA) is 78.9 Å². The van der Waals surface area contributed by atoms with Crippen molar-refractivity contribution in [3.05, 3.63) is 39.9 Å². The van der Waals surface area contributed by atoms with E-state index < -0.39 is 28.5 Å². The summed E-state index contributed by atoms with van der Waals surface area (Å²) in [6.45, 7) is 3.24. The molecule has 0 aliphatic carbocycles. The normalized spacial score (nSPS) is 24.7. The monoisotopic (exact) mass is 306 g/mol. The molecule has 1 fully saturated rings. The van der Waals surface area contributed by atoms with Crippen LogP contribution in [0.25, 0.3) is 0 Å². The van der Waals surface area contributed by atoms with Gasteiger partial charge in [-0.1, -0.05) is 0 Å². The second-order valence-electron chi connectivity index (χ2n) is 4.98. The predicted octanol–water partition coefficient (Wildman–Crippen LogP) is 2.33. The maximum Gasteiger partial charge on any atom is 0.425 e. The summed E-state index contributed by atoms with van der Waals surface area (Å²) in [6.07, 6.45) is -6.56. The summed E-state index contributed by atoms with van der Waals surface area (Å²) in [5.74, 6) is 0. The zero-order chi connectivity index (χ0) is 16.0. The van der Waals surface area contributed by atoms with Crippen LogP contribution in [0.3, 0.4) is 0 Å². The molecule has 1 N–H and O–H groups in total. The minimum Gasteiger partial charge on any atom is -0.373 e. The van der Waals surface area contributed by atoms with Gasteiger partial charge in [0.25, 0.3) is 5.69 Å². The fourth-order valence-electron chi connectivity index (χ4n) is 2.02. The van der Waals surface area contributed by atoms with Crippen LogP contribution in [-0.4, -0.2) is 33.5 Å². The lowest BCUT2D eigenvalue weighted by Gasteiger charge is -2.29. The molecule has 6 nitrogen and oxygen atoms in total. The van der Waals surface area contributed by atoms with E-state index in [2.05, 4.69) is 0 Å². The van der Waals surface area contributed by atoms with Crippen LogP contribution in [0.15, 0.2) is 24.3 Å². The van der Waals surface area contributed by atoms with Crippen LogP contribution < -0.4 is 0 Å². The van der Waals surface area contributed by atoms with Crippen LogP contribution in [0, 0.1) is 10.1 Å². The molecular weight excluding hydrogens is 293 g/mol. The maximum atomic E-state index is 13.3. The van der Waals surface area contributed by atoms with Gasteiger partial charge in [0.05, 0.1) is 4.92 Å². The first-order chi connectivity index (χ1) is 9.59. The molecule has 0 amide bonds. The molecule has 1 aliphatic heterocycles. The number of nitrogens with zero attached hydrogens (tertiary/aromatic N) is 2. The number of hydrogen-bond donors (Lipinski definition) is 1. The van der Waals surface area contributed by atoms with E-state index in [9.17, 15) is 28.4 Å². The highest BCUT2D eigenvalue weighted by Gasteiger charge is 2.69. The summed E-state index contributed by atoms with van der Waals surface area (Å²) in [7, 11) is 0. The Bertz CT molecular complexity index is 546. The van der Waals surface area contributed by atoms with Gasteiger partial charge in [0.15, 0.2) is 6.23 Å². The van der Waals surface area contributed by atoms with Crippen molar-refractivity contribution in [2.75, 3.05) is 0 Å². The van der Waals surface area contributed by atoms with Crippen LogP contribution in [0.4, 0.5) is 18.9 Å². The van der Waals surface area contributed by atoms with Gasteiger partial charge in [-0.15, -0.1) is 0 Å². The Balaban J connectivity index is 2.40. The van der Waals surface area contributed by atoms with E-state index in [1.54, 1.807) is 13.8 Å². The lowest BCUT2D eigenvalue weighted by atomic mass is 9.91. The zero-order valence-corrected chi connectivity index (χ0v) is 11.2. The quantitative estimate of drug-likeness (QED) is 0.524. The van der Waals surface area contributed by atoms with Gasteiger partial charge in [-0.25, -0.2) is 0 Å². The first-order valence-electron chi connectivity index (χ1n) is 6.08. The highest BCUT2D eigenvalue weighted by Crippen LogP contribution is 2.49. The number of rotatable bonds is 4. The smallest absolute Gasteiger partial charge is 0.373 e. The van der Waals surface area contributed by atoms with Crippen LogP contribution in [-0.2, 0) is 10.4 Å². The standard InChI is InChI=1S/C12H13F3N2O4/c1-7(2)16-10(21-16)11(18,12(13,14)15)8-3-5-9(6-4-8)17(19)20/h3-7,10,18H,1-2H3. The molecule has 1 saturated heterocycles. The van der Waals surface area contributed by atoms with Gasteiger partial charge in [-0.3, -0.25) is 15.0 Å².